The van der Waals surface area contributed by atoms with Crippen molar-refractivity contribution in [1.82, 2.24) is 5.32 Å². The van der Waals surface area contributed by atoms with Gasteiger partial charge in [-0.1, -0.05) is 35.7 Å². The molecule has 0 heterocycles. The number of terminal acetylenes is 1. The number of aliphatic hydroxyl groups is 1. The van der Waals surface area contributed by atoms with E-state index in [-0.39, 0.29) is 0 Å². The molecule has 1 rings (SSSR count). The van der Waals surface area contributed by atoms with Crippen molar-refractivity contribution >= 4 is 29.3 Å². The number of carbonyl (C=O) groups is 1. The summed E-state index contributed by atoms with van der Waals surface area (Å²) in [5.41, 5.74) is 0.410. The second-order valence-electron chi connectivity index (χ2n) is 3.47. The van der Waals surface area contributed by atoms with E-state index in [4.69, 9.17) is 18.0 Å². The molecule has 0 saturated carbocycles. The summed E-state index contributed by atoms with van der Waals surface area (Å²) in [6.45, 7) is 0.465. The van der Waals surface area contributed by atoms with Crippen LogP contribution in [0.1, 0.15) is 11.7 Å². The molecule has 0 aliphatic rings. The van der Waals surface area contributed by atoms with Crippen LogP contribution in [-0.2, 0) is 4.79 Å². The minimum atomic E-state index is -1.24. The van der Waals surface area contributed by atoms with E-state index in [0.717, 1.165) is 0 Å². The molecular weight excluding hydrogens is 270 g/mol. The molecule has 0 spiro atoms. The van der Waals surface area contributed by atoms with E-state index in [1.807, 2.05) is 0 Å². The van der Waals surface area contributed by atoms with Crippen LogP contribution in [0.2, 0.25) is 5.02 Å². The van der Waals surface area contributed by atoms with Gasteiger partial charge in [0, 0.05) is 22.9 Å². The van der Waals surface area contributed by atoms with Gasteiger partial charge in [-0.3, -0.25) is 4.79 Å². The Bertz CT molecular complexity index is 445. The molecule has 0 aliphatic carbocycles. The Morgan fingerprint density at radius 1 is 1.56 bits per heavy atom. The maximum Gasteiger partial charge on any atom is 0.253 e. The summed E-state index contributed by atoms with van der Waals surface area (Å²) in [5, 5.41) is 12.8. The lowest BCUT2D eigenvalue weighted by molar-refractivity contribution is -0.129. The van der Waals surface area contributed by atoms with Crippen molar-refractivity contribution in [1.29, 1.82) is 0 Å². The molecule has 0 saturated heterocycles. The van der Waals surface area contributed by atoms with Crippen LogP contribution in [0.5, 0.6) is 0 Å². The van der Waals surface area contributed by atoms with Crippen LogP contribution in [-0.4, -0.2) is 29.1 Å². The van der Waals surface area contributed by atoms with Gasteiger partial charge >= 0.3 is 0 Å². The van der Waals surface area contributed by atoms with Gasteiger partial charge in [-0.25, -0.2) is 0 Å². The highest BCUT2D eigenvalue weighted by atomic mass is 35.5. The smallest absolute Gasteiger partial charge is 0.253 e. The molecule has 0 aliphatic heterocycles. The molecule has 2 N–H and O–H groups in total. The third-order valence-corrected chi connectivity index (χ3v) is 3.39. The normalized spacial score (nSPS) is 11.6. The summed E-state index contributed by atoms with van der Waals surface area (Å²) >= 11 is 7.45. The molecule has 1 amide bonds. The fourth-order valence-electron chi connectivity index (χ4n) is 1.31. The zero-order valence-electron chi connectivity index (χ0n) is 9.73. The minimum absolute atomic E-state index is 0.377. The van der Waals surface area contributed by atoms with E-state index in [2.05, 4.69) is 11.2 Å². The summed E-state index contributed by atoms with van der Waals surface area (Å²) in [4.78, 5) is 11.7. The first-order valence-electron chi connectivity index (χ1n) is 5.38. The van der Waals surface area contributed by atoms with Crippen molar-refractivity contribution in [2.24, 2.45) is 0 Å². The maximum absolute atomic E-state index is 11.7. The average Bonchev–Trinajstić information content (AvgIpc) is 2.38. The molecule has 0 unspecified atom stereocenters. The highest BCUT2D eigenvalue weighted by molar-refractivity contribution is 7.99. The molecule has 0 aromatic heterocycles. The molecule has 18 heavy (non-hydrogen) atoms. The van der Waals surface area contributed by atoms with Gasteiger partial charge in [0.05, 0.1) is 5.75 Å². The zero-order chi connectivity index (χ0) is 13.4. The van der Waals surface area contributed by atoms with Gasteiger partial charge in [0.15, 0.2) is 6.10 Å². The zero-order valence-corrected chi connectivity index (χ0v) is 11.3. The number of hydrogen-bond donors (Lipinski definition) is 2. The maximum atomic E-state index is 11.7. The third kappa shape index (κ3) is 4.61. The third-order valence-electron chi connectivity index (χ3n) is 2.18. The summed E-state index contributed by atoms with van der Waals surface area (Å²) in [6, 6.07) is 6.73. The van der Waals surface area contributed by atoms with Gasteiger partial charge in [0.25, 0.3) is 5.91 Å². The first kappa shape index (κ1) is 14.9. The van der Waals surface area contributed by atoms with Gasteiger partial charge in [-0.15, -0.1) is 18.2 Å². The van der Waals surface area contributed by atoms with Gasteiger partial charge in [-0.05, 0) is 6.07 Å². The average molecular weight is 284 g/mol. The number of rotatable bonds is 6. The number of thioether (sulfide) groups is 1. The molecule has 5 heteroatoms. The lowest BCUT2D eigenvalue weighted by atomic mass is 10.1. The fourth-order valence-corrected chi connectivity index (χ4v) is 2.06. The van der Waals surface area contributed by atoms with Crippen LogP contribution in [0.15, 0.2) is 24.3 Å². The number of amides is 1. The second kappa shape index (κ2) is 8.04. The molecule has 0 radical (unpaired) electrons. The molecule has 96 valence electrons. The summed E-state index contributed by atoms with van der Waals surface area (Å²) in [6.07, 6.45) is 3.86. The molecular formula is C13H14ClNO2S. The first-order chi connectivity index (χ1) is 8.66. The van der Waals surface area contributed by atoms with E-state index in [1.54, 1.807) is 36.0 Å². The van der Waals surface area contributed by atoms with Gasteiger partial charge in [0.1, 0.15) is 0 Å². The van der Waals surface area contributed by atoms with Crippen molar-refractivity contribution < 1.29 is 9.90 Å². The lowest BCUT2D eigenvalue weighted by Crippen LogP contribution is -2.31. The molecule has 1 aromatic rings. The highest BCUT2D eigenvalue weighted by Crippen LogP contribution is 2.22. The van der Waals surface area contributed by atoms with Crippen LogP contribution < -0.4 is 5.32 Å². The molecule has 0 fully saturated rings. The van der Waals surface area contributed by atoms with E-state index in [0.29, 0.717) is 28.6 Å². The van der Waals surface area contributed by atoms with Crippen molar-refractivity contribution in [2.45, 2.75) is 6.10 Å². The van der Waals surface area contributed by atoms with Gasteiger partial charge in [-0.2, -0.15) is 0 Å². The SMILES string of the molecule is C#CCSCCNC(=O)[C@H](O)c1ccccc1Cl. The van der Waals surface area contributed by atoms with Crippen molar-refractivity contribution in [3.63, 3.8) is 0 Å². The fraction of sp³-hybridized carbons (Fsp3) is 0.308. The van der Waals surface area contributed by atoms with E-state index >= 15 is 0 Å². The van der Waals surface area contributed by atoms with E-state index < -0.39 is 12.0 Å². The Labute approximate surface area is 116 Å². The van der Waals surface area contributed by atoms with E-state index in [1.165, 1.54) is 0 Å². The number of benzene rings is 1. The first-order valence-corrected chi connectivity index (χ1v) is 6.91. The number of nitrogens with one attached hydrogen (secondary N) is 1. The topological polar surface area (TPSA) is 49.3 Å². The molecule has 0 bridgehead atoms. The van der Waals surface area contributed by atoms with Crippen LogP contribution >= 0.6 is 23.4 Å². The minimum Gasteiger partial charge on any atom is -0.378 e. The summed E-state index contributed by atoms with van der Waals surface area (Å²) in [7, 11) is 0. The number of halogens is 1. The van der Waals surface area contributed by atoms with E-state index in [9.17, 15) is 9.90 Å². The Balaban J connectivity index is 2.43. The Morgan fingerprint density at radius 3 is 2.94 bits per heavy atom. The van der Waals surface area contributed by atoms with Crippen LogP contribution in [0.4, 0.5) is 0 Å². The quantitative estimate of drug-likeness (QED) is 0.619. The van der Waals surface area contributed by atoms with Crippen molar-refractivity contribution in [3.8, 4) is 12.3 Å². The predicted molar refractivity (Wildman–Crippen MR) is 75.6 cm³/mol. The Hall–Kier alpha value is -1.15. The summed E-state index contributed by atoms with van der Waals surface area (Å²) in [5.74, 6) is 3.37. The number of hydrogen-bond acceptors (Lipinski definition) is 3. The van der Waals surface area contributed by atoms with Gasteiger partial charge in [0.2, 0.25) is 0 Å². The lowest BCUT2D eigenvalue weighted by Gasteiger charge is -2.12. The Kier molecular flexibility index (Phi) is 6.66. The number of carbonyl (C=O) groups excluding carboxylic acids is 1. The van der Waals surface area contributed by atoms with Crippen LogP contribution in [0.25, 0.3) is 0 Å². The predicted octanol–water partition coefficient (Wildman–Crippen LogP) is 1.86. The van der Waals surface area contributed by atoms with Crippen molar-refractivity contribution in [2.75, 3.05) is 18.1 Å². The van der Waals surface area contributed by atoms with Crippen LogP contribution in [0.3, 0.4) is 0 Å². The molecule has 3 nitrogen and oxygen atoms in total. The van der Waals surface area contributed by atoms with Crippen LogP contribution in [0, 0.1) is 12.3 Å². The standard InChI is InChI=1S/C13H14ClNO2S/c1-2-8-18-9-7-15-13(17)12(16)10-5-3-4-6-11(10)14/h1,3-6,12,16H,7-9H2,(H,15,17)/t12-/m1/s1. The van der Waals surface area contributed by atoms with Crippen molar-refractivity contribution in [3.05, 3.63) is 34.9 Å². The number of aliphatic hydroxyl groups excluding tert-OH is 1. The summed E-state index contributed by atoms with van der Waals surface area (Å²) < 4.78 is 0. The largest absolute Gasteiger partial charge is 0.378 e. The molecule has 1 aromatic carbocycles. The van der Waals surface area contributed by atoms with Gasteiger partial charge < -0.3 is 10.4 Å². The second-order valence-corrected chi connectivity index (χ2v) is 4.98. The highest BCUT2D eigenvalue weighted by Gasteiger charge is 2.18. The Morgan fingerprint density at radius 2 is 2.28 bits per heavy atom. The molecule has 1 atom stereocenters. The monoisotopic (exact) mass is 283 g/mol.